The number of ether oxygens (including phenoxy) is 1. The van der Waals surface area contributed by atoms with E-state index < -0.39 is 0 Å². The maximum absolute atomic E-state index is 12.5. The molecule has 2 aromatic rings. The minimum atomic E-state index is -0.170. The molecule has 0 bridgehead atoms. The number of morpholine rings is 1. The third kappa shape index (κ3) is 4.62. The fourth-order valence-electron chi connectivity index (χ4n) is 2.70. The number of nitrogens with zero attached hydrogens (tertiary/aromatic N) is 3. The van der Waals surface area contributed by atoms with Crippen LogP contribution in [-0.4, -0.2) is 52.8 Å². The van der Waals surface area contributed by atoms with Crippen LogP contribution in [0.2, 0.25) is 5.02 Å². The van der Waals surface area contributed by atoms with Crippen LogP contribution in [0.1, 0.15) is 21.7 Å². The van der Waals surface area contributed by atoms with E-state index in [4.69, 9.17) is 16.3 Å². The van der Waals surface area contributed by atoms with Crippen molar-refractivity contribution in [2.24, 2.45) is 0 Å². The average molecular weight is 377 g/mol. The number of aromatic nitrogens is 2. The van der Waals surface area contributed by atoms with E-state index in [1.165, 1.54) is 0 Å². The van der Waals surface area contributed by atoms with Gasteiger partial charge in [0.25, 0.3) is 5.91 Å². The van der Waals surface area contributed by atoms with E-state index in [-0.39, 0.29) is 18.4 Å². The van der Waals surface area contributed by atoms with Gasteiger partial charge in [-0.05, 0) is 30.7 Å². The molecule has 0 radical (unpaired) electrons. The number of amides is 2. The quantitative estimate of drug-likeness (QED) is 0.860. The highest BCUT2D eigenvalue weighted by Gasteiger charge is 2.22. The van der Waals surface area contributed by atoms with Crippen molar-refractivity contribution in [1.29, 1.82) is 0 Å². The zero-order valence-electron chi connectivity index (χ0n) is 14.6. The van der Waals surface area contributed by atoms with E-state index in [9.17, 15) is 9.59 Å². The first-order valence-corrected chi connectivity index (χ1v) is 8.83. The molecule has 1 N–H and O–H groups in total. The van der Waals surface area contributed by atoms with Crippen LogP contribution in [0.25, 0.3) is 0 Å². The Hall–Kier alpha value is -2.38. The fourth-order valence-corrected chi connectivity index (χ4v) is 2.82. The van der Waals surface area contributed by atoms with Gasteiger partial charge in [0.05, 0.1) is 13.2 Å². The first-order valence-electron chi connectivity index (χ1n) is 8.45. The first kappa shape index (κ1) is 18.4. The summed E-state index contributed by atoms with van der Waals surface area (Å²) in [6.07, 6.45) is 0. The van der Waals surface area contributed by atoms with E-state index in [0.29, 0.717) is 43.6 Å². The van der Waals surface area contributed by atoms with Crippen molar-refractivity contribution in [2.75, 3.05) is 26.3 Å². The minimum absolute atomic E-state index is 0.0653. The monoisotopic (exact) mass is 376 g/mol. The molecule has 26 heavy (non-hydrogen) atoms. The lowest BCUT2D eigenvalue weighted by molar-refractivity contribution is -0.122. The number of benzene rings is 1. The highest BCUT2D eigenvalue weighted by atomic mass is 35.5. The van der Waals surface area contributed by atoms with Gasteiger partial charge in [0.1, 0.15) is 6.54 Å². The van der Waals surface area contributed by atoms with Gasteiger partial charge in [0.2, 0.25) is 5.91 Å². The van der Waals surface area contributed by atoms with Crippen LogP contribution in [0.3, 0.4) is 0 Å². The standard InChI is InChI=1S/C18H21ClN4O3/c1-13-10-16(18(25)22-6-8-26-9-7-22)21-23(13)12-17(24)20-11-14-2-4-15(19)5-3-14/h2-5,10H,6-9,11-12H2,1H3,(H,20,24). The molecule has 1 saturated heterocycles. The van der Waals surface area contributed by atoms with Crippen LogP contribution in [-0.2, 0) is 22.6 Å². The summed E-state index contributed by atoms with van der Waals surface area (Å²) in [6, 6.07) is 9.00. The molecule has 1 aromatic heterocycles. The zero-order valence-corrected chi connectivity index (χ0v) is 15.3. The molecule has 1 aliphatic rings. The second-order valence-electron chi connectivity index (χ2n) is 6.14. The molecular formula is C18H21ClN4O3. The highest BCUT2D eigenvalue weighted by molar-refractivity contribution is 6.30. The number of carbonyl (C=O) groups excluding carboxylic acids is 2. The Morgan fingerprint density at radius 3 is 2.62 bits per heavy atom. The second-order valence-corrected chi connectivity index (χ2v) is 6.57. The molecule has 0 aliphatic carbocycles. The minimum Gasteiger partial charge on any atom is -0.378 e. The van der Waals surface area contributed by atoms with Crippen LogP contribution in [0.15, 0.2) is 30.3 Å². The number of hydrogen-bond acceptors (Lipinski definition) is 4. The van der Waals surface area contributed by atoms with E-state index in [0.717, 1.165) is 11.3 Å². The predicted octanol–water partition coefficient (Wildman–Crippen LogP) is 1.63. The lowest BCUT2D eigenvalue weighted by atomic mass is 10.2. The number of hydrogen-bond donors (Lipinski definition) is 1. The van der Waals surface area contributed by atoms with Crippen LogP contribution < -0.4 is 5.32 Å². The summed E-state index contributed by atoms with van der Waals surface area (Å²) >= 11 is 5.85. The predicted molar refractivity (Wildman–Crippen MR) is 97.0 cm³/mol. The SMILES string of the molecule is Cc1cc(C(=O)N2CCOCC2)nn1CC(=O)NCc1ccc(Cl)cc1. The molecule has 1 fully saturated rings. The summed E-state index contributed by atoms with van der Waals surface area (Å²) < 4.78 is 6.80. The second kappa shape index (κ2) is 8.33. The number of nitrogens with one attached hydrogen (secondary N) is 1. The zero-order chi connectivity index (χ0) is 18.5. The normalized spacial score (nSPS) is 14.3. The molecule has 7 nitrogen and oxygen atoms in total. The Morgan fingerprint density at radius 2 is 1.92 bits per heavy atom. The molecule has 1 aromatic carbocycles. The van der Waals surface area contributed by atoms with Crippen LogP contribution >= 0.6 is 11.6 Å². The summed E-state index contributed by atoms with van der Waals surface area (Å²) in [4.78, 5) is 26.4. The van der Waals surface area contributed by atoms with Crippen molar-refractivity contribution in [2.45, 2.75) is 20.0 Å². The molecule has 0 unspecified atom stereocenters. The van der Waals surface area contributed by atoms with Crippen molar-refractivity contribution in [3.05, 3.63) is 52.3 Å². The van der Waals surface area contributed by atoms with Crippen molar-refractivity contribution < 1.29 is 14.3 Å². The average Bonchev–Trinajstić information content (AvgIpc) is 3.02. The van der Waals surface area contributed by atoms with Crippen molar-refractivity contribution in [1.82, 2.24) is 20.0 Å². The van der Waals surface area contributed by atoms with E-state index >= 15 is 0 Å². The van der Waals surface area contributed by atoms with Crippen LogP contribution in [0, 0.1) is 6.92 Å². The molecule has 0 saturated carbocycles. The molecule has 3 rings (SSSR count). The molecule has 2 heterocycles. The maximum Gasteiger partial charge on any atom is 0.274 e. The van der Waals surface area contributed by atoms with Crippen molar-refractivity contribution >= 4 is 23.4 Å². The third-order valence-corrected chi connectivity index (χ3v) is 4.45. The summed E-state index contributed by atoms with van der Waals surface area (Å²) in [5, 5.41) is 7.80. The van der Waals surface area contributed by atoms with Gasteiger partial charge >= 0.3 is 0 Å². The Labute approximate surface area is 156 Å². The lowest BCUT2D eigenvalue weighted by Gasteiger charge is -2.25. The van der Waals surface area contributed by atoms with Gasteiger partial charge in [0, 0.05) is 30.4 Å². The number of carbonyl (C=O) groups is 2. The number of halogens is 1. The summed E-state index contributed by atoms with van der Waals surface area (Å²) in [7, 11) is 0. The molecule has 8 heteroatoms. The van der Waals surface area contributed by atoms with Gasteiger partial charge < -0.3 is 15.0 Å². The van der Waals surface area contributed by atoms with Crippen LogP contribution in [0.5, 0.6) is 0 Å². The molecule has 1 aliphatic heterocycles. The molecule has 2 amide bonds. The van der Waals surface area contributed by atoms with Gasteiger partial charge in [-0.15, -0.1) is 0 Å². The first-order chi connectivity index (χ1) is 12.5. The smallest absolute Gasteiger partial charge is 0.274 e. The Morgan fingerprint density at radius 1 is 1.23 bits per heavy atom. The number of rotatable bonds is 5. The topological polar surface area (TPSA) is 76.5 Å². The summed E-state index contributed by atoms with van der Waals surface area (Å²) in [5.41, 5.74) is 2.08. The van der Waals surface area contributed by atoms with Gasteiger partial charge in [-0.3, -0.25) is 14.3 Å². The van der Waals surface area contributed by atoms with Gasteiger partial charge in [-0.2, -0.15) is 5.10 Å². The third-order valence-electron chi connectivity index (χ3n) is 4.19. The van der Waals surface area contributed by atoms with E-state index in [2.05, 4.69) is 10.4 Å². The van der Waals surface area contributed by atoms with Gasteiger partial charge in [-0.25, -0.2) is 0 Å². The highest BCUT2D eigenvalue weighted by Crippen LogP contribution is 2.10. The Kier molecular flexibility index (Phi) is 5.90. The van der Waals surface area contributed by atoms with Crippen LogP contribution in [0.4, 0.5) is 0 Å². The molecule has 0 spiro atoms. The van der Waals surface area contributed by atoms with Crippen molar-refractivity contribution in [3.8, 4) is 0 Å². The summed E-state index contributed by atoms with van der Waals surface area (Å²) in [6.45, 7) is 4.51. The Bertz CT molecular complexity index is 782. The Balaban J connectivity index is 1.57. The number of aryl methyl sites for hydroxylation is 1. The molecule has 138 valence electrons. The van der Waals surface area contributed by atoms with Gasteiger partial charge in [-0.1, -0.05) is 23.7 Å². The van der Waals surface area contributed by atoms with E-state index in [1.54, 1.807) is 27.8 Å². The lowest BCUT2D eigenvalue weighted by Crippen LogP contribution is -2.40. The van der Waals surface area contributed by atoms with Crippen molar-refractivity contribution in [3.63, 3.8) is 0 Å². The molecule has 0 atom stereocenters. The maximum atomic E-state index is 12.5. The largest absolute Gasteiger partial charge is 0.378 e. The fraction of sp³-hybridized carbons (Fsp3) is 0.389. The van der Waals surface area contributed by atoms with Gasteiger partial charge in [0.15, 0.2) is 5.69 Å². The molecular weight excluding hydrogens is 356 g/mol. The van der Waals surface area contributed by atoms with E-state index in [1.807, 2.05) is 19.1 Å². The summed E-state index contributed by atoms with van der Waals surface area (Å²) in [5.74, 6) is -0.298.